The topological polar surface area (TPSA) is 71.8 Å². The lowest BCUT2D eigenvalue weighted by atomic mass is 10.2. The highest BCUT2D eigenvalue weighted by Gasteiger charge is 2.11. The van der Waals surface area contributed by atoms with Crippen molar-refractivity contribution >= 4 is 34.1 Å². The molecule has 0 saturated carbocycles. The molecular formula is C15H14ClN5O. The number of pyridine rings is 1. The largest absolute Gasteiger partial charge is 0.298 e. The summed E-state index contributed by atoms with van der Waals surface area (Å²) in [5, 5.41) is 5.61. The Morgan fingerprint density at radius 1 is 1.27 bits per heavy atom. The highest BCUT2D eigenvalue weighted by atomic mass is 35.5. The van der Waals surface area contributed by atoms with E-state index in [-0.39, 0.29) is 5.91 Å². The summed E-state index contributed by atoms with van der Waals surface area (Å²) in [6.45, 7) is 1.89. The Morgan fingerprint density at radius 2 is 2.09 bits per heavy atom. The van der Waals surface area contributed by atoms with E-state index in [1.165, 1.54) is 0 Å². The molecule has 0 spiro atoms. The number of fused-ring (bicyclic) bond motifs is 1. The maximum atomic E-state index is 12.1. The number of carbonyl (C=O) groups excluding carboxylic acids is 1. The summed E-state index contributed by atoms with van der Waals surface area (Å²) in [5.41, 5.74) is 8.29. The molecule has 0 radical (unpaired) electrons. The lowest BCUT2D eigenvalue weighted by Crippen LogP contribution is -2.29. The van der Waals surface area contributed by atoms with Gasteiger partial charge in [0.25, 0.3) is 5.91 Å². The zero-order chi connectivity index (χ0) is 15.7. The standard InChI is InChI=1S/C15H14ClN5O/c1-9-7-14(20-21(9)2)15(22)19-18-12-5-6-17-13-8-10(16)3-4-11(12)13/h3-8H,1-2H3,(H,17,18)(H,19,22). The van der Waals surface area contributed by atoms with Gasteiger partial charge in [0.15, 0.2) is 5.69 Å². The van der Waals surface area contributed by atoms with E-state index in [2.05, 4.69) is 20.9 Å². The molecule has 2 aromatic heterocycles. The van der Waals surface area contributed by atoms with Crippen LogP contribution < -0.4 is 10.9 Å². The number of nitrogens with one attached hydrogen (secondary N) is 2. The van der Waals surface area contributed by atoms with Gasteiger partial charge in [0.05, 0.1) is 11.2 Å². The van der Waals surface area contributed by atoms with Gasteiger partial charge in [0.2, 0.25) is 0 Å². The molecule has 1 aromatic carbocycles. The molecule has 2 heterocycles. The van der Waals surface area contributed by atoms with Gasteiger partial charge in [-0.2, -0.15) is 5.10 Å². The highest BCUT2D eigenvalue weighted by Crippen LogP contribution is 2.23. The summed E-state index contributed by atoms with van der Waals surface area (Å²) < 4.78 is 1.65. The van der Waals surface area contributed by atoms with Crippen LogP contribution in [0, 0.1) is 6.92 Å². The molecule has 112 valence electrons. The summed E-state index contributed by atoms with van der Waals surface area (Å²) >= 11 is 5.95. The molecule has 0 saturated heterocycles. The minimum atomic E-state index is -0.303. The summed E-state index contributed by atoms with van der Waals surface area (Å²) in [5.74, 6) is -0.303. The van der Waals surface area contributed by atoms with Crippen molar-refractivity contribution in [1.29, 1.82) is 0 Å². The molecule has 0 fully saturated rings. The van der Waals surface area contributed by atoms with Crippen molar-refractivity contribution in [3.8, 4) is 0 Å². The fraction of sp³-hybridized carbons (Fsp3) is 0.133. The monoisotopic (exact) mass is 315 g/mol. The zero-order valence-corrected chi connectivity index (χ0v) is 12.8. The van der Waals surface area contributed by atoms with Gasteiger partial charge in [-0.3, -0.25) is 25.3 Å². The number of halogens is 1. The second-order valence-corrected chi connectivity index (χ2v) is 5.33. The lowest BCUT2D eigenvalue weighted by molar-refractivity contribution is 0.0957. The van der Waals surface area contributed by atoms with Crippen LogP contribution in [0.1, 0.15) is 16.2 Å². The molecule has 0 aliphatic carbocycles. The SMILES string of the molecule is Cc1cc(C(=O)NNc2ccnc3cc(Cl)ccc23)nn1C. The van der Waals surface area contributed by atoms with Crippen molar-refractivity contribution in [2.24, 2.45) is 7.05 Å². The van der Waals surface area contributed by atoms with Crippen molar-refractivity contribution < 1.29 is 4.79 Å². The van der Waals surface area contributed by atoms with Crippen LogP contribution in [0.15, 0.2) is 36.5 Å². The quantitative estimate of drug-likeness (QED) is 0.729. The van der Waals surface area contributed by atoms with Crippen LogP contribution in [0.5, 0.6) is 0 Å². The van der Waals surface area contributed by atoms with E-state index in [1.807, 2.05) is 13.0 Å². The molecule has 3 rings (SSSR count). The van der Waals surface area contributed by atoms with Crippen molar-refractivity contribution in [2.45, 2.75) is 6.92 Å². The number of amides is 1. The molecule has 1 amide bonds. The van der Waals surface area contributed by atoms with E-state index >= 15 is 0 Å². The maximum Gasteiger partial charge on any atom is 0.290 e. The van der Waals surface area contributed by atoms with E-state index in [0.717, 1.165) is 22.3 Å². The van der Waals surface area contributed by atoms with Gasteiger partial charge >= 0.3 is 0 Å². The minimum absolute atomic E-state index is 0.303. The average molecular weight is 316 g/mol. The Balaban J connectivity index is 1.80. The number of hydrogen-bond acceptors (Lipinski definition) is 4. The zero-order valence-electron chi connectivity index (χ0n) is 12.1. The predicted molar refractivity (Wildman–Crippen MR) is 85.8 cm³/mol. The van der Waals surface area contributed by atoms with Crippen molar-refractivity contribution in [3.63, 3.8) is 0 Å². The Kier molecular flexibility index (Phi) is 3.68. The fourth-order valence-electron chi connectivity index (χ4n) is 2.09. The normalized spacial score (nSPS) is 10.7. The number of nitrogens with zero attached hydrogens (tertiary/aromatic N) is 3. The van der Waals surface area contributed by atoms with Crippen LogP contribution in [0.4, 0.5) is 5.69 Å². The minimum Gasteiger partial charge on any atom is -0.298 e. The third-order valence-corrected chi connectivity index (χ3v) is 3.60. The van der Waals surface area contributed by atoms with Crippen LogP contribution in [0.25, 0.3) is 10.9 Å². The van der Waals surface area contributed by atoms with E-state index in [1.54, 1.807) is 42.2 Å². The molecule has 6 nitrogen and oxygen atoms in total. The first-order valence-electron chi connectivity index (χ1n) is 6.66. The maximum absolute atomic E-state index is 12.1. The van der Waals surface area contributed by atoms with Crippen LogP contribution in [-0.4, -0.2) is 20.7 Å². The number of benzene rings is 1. The summed E-state index contributed by atoms with van der Waals surface area (Å²) in [6, 6.07) is 8.90. The average Bonchev–Trinajstić information content (AvgIpc) is 2.84. The van der Waals surface area contributed by atoms with Gasteiger partial charge in [-0.05, 0) is 37.3 Å². The number of hydrazine groups is 1. The van der Waals surface area contributed by atoms with Crippen molar-refractivity contribution in [2.75, 3.05) is 5.43 Å². The van der Waals surface area contributed by atoms with E-state index < -0.39 is 0 Å². The predicted octanol–water partition coefficient (Wildman–Crippen LogP) is 2.69. The number of carbonyl (C=O) groups is 1. The molecule has 0 bridgehead atoms. The van der Waals surface area contributed by atoms with Crippen LogP contribution in [0.3, 0.4) is 0 Å². The summed E-state index contributed by atoms with van der Waals surface area (Å²) in [6.07, 6.45) is 1.65. The molecule has 0 unspecified atom stereocenters. The number of aryl methyl sites for hydroxylation is 2. The molecule has 2 N–H and O–H groups in total. The molecule has 22 heavy (non-hydrogen) atoms. The Bertz CT molecular complexity index is 839. The molecule has 0 atom stereocenters. The van der Waals surface area contributed by atoms with E-state index in [4.69, 9.17) is 11.6 Å². The highest BCUT2D eigenvalue weighted by molar-refractivity contribution is 6.31. The molecule has 0 aliphatic heterocycles. The van der Waals surface area contributed by atoms with Crippen molar-refractivity contribution in [3.05, 3.63) is 52.9 Å². The van der Waals surface area contributed by atoms with Gasteiger partial charge < -0.3 is 0 Å². The lowest BCUT2D eigenvalue weighted by Gasteiger charge is -2.10. The third kappa shape index (κ3) is 2.73. The smallest absolute Gasteiger partial charge is 0.290 e. The number of aromatic nitrogens is 3. The number of rotatable bonds is 3. The second-order valence-electron chi connectivity index (χ2n) is 4.89. The molecule has 0 aliphatic rings. The van der Waals surface area contributed by atoms with Gasteiger partial charge in [-0.1, -0.05) is 11.6 Å². The van der Waals surface area contributed by atoms with E-state index in [0.29, 0.717) is 10.7 Å². The molecular weight excluding hydrogens is 302 g/mol. The summed E-state index contributed by atoms with van der Waals surface area (Å²) in [4.78, 5) is 16.3. The third-order valence-electron chi connectivity index (χ3n) is 3.36. The molecule has 7 heteroatoms. The Labute approximate surface area is 132 Å². The van der Waals surface area contributed by atoms with Crippen LogP contribution in [0.2, 0.25) is 5.02 Å². The van der Waals surface area contributed by atoms with Gasteiger partial charge in [0, 0.05) is 29.3 Å². The first-order valence-corrected chi connectivity index (χ1v) is 7.03. The first kappa shape index (κ1) is 14.3. The van der Waals surface area contributed by atoms with E-state index in [9.17, 15) is 4.79 Å². The Morgan fingerprint density at radius 3 is 2.82 bits per heavy atom. The van der Waals surface area contributed by atoms with Crippen LogP contribution >= 0.6 is 11.6 Å². The number of hydrogen-bond donors (Lipinski definition) is 2. The van der Waals surface area contributed by atoms with Gasteiger partial charge in [-0.25, -0.2) is 0 Å². The summed E-state index contributed by atoms with van der Waals surface area (Å²) in [7, 11) is 1.79. The second kappa shape index (κ2) is 5.65. The molecule has 3 aromatic rings. The van der Waals surface area contributed by atoms with Crippen LogP contribution in [-0.2, 0) is 7.05 Å². The van der Waals surface area contributed by atoms with Crippen molar-refractivity contribution in [1.82, 2.24) is 20.2 Å². The van der Waals surface area contributed by atoms with Gasteiger partial charge in [0.1, 0.15) is 0 Å². The van der Waals surface area contributed by atoms with Gasteiger partial charge in [-0.15, -0.1) is 0 Å². The Hall–Kier alpha value is -2.60. The first-order chi connectivity index (χ1) is 10.5. The fourth-order valence-corrected chi connectivity index (χ4v) is 2.26. The number of anilines is 1.